The van der Waals surface area contributed by atoms with Crippen LogP contribution in [-0.4, -0.2) is 25.0 Å². The Bertz CT molecular complexity index is 955. The Morgan fingerprint density at radius 2 is 1.82 bits per heavy atom. The van der Waals surface area contributed by atoms with Gasteiger partial charge in [-0.25, -0.2) is 4.79 Å². The summed E-state index contributed by atoms with van der Waals surface area (Å²) in [6.07, 6.45) is -5.34. The fraction of sp³-hybridized carbons (Fsp3) is 0.263. The molecule has 0 saturated carbocycles. The van der Waals surface area contributed by atoms with Crippen molar-refractivity contribution in [2.75, 3.05) is 7.11 Å². The number of ether oxygens (including phenoxy) is 1. The Balaban J connectivity index is 2.00. The summed E-state index contributed by atoms with van der Waals surface area (Å²) >= 11 is 11.8. The SMILES string of the molecule is COC(=O)c1ccc(C2=NO[C@@](c3cc(Cl)cc(Cl)c3)(C(F)(F)F)C2)cc1C. The van der Waals surface area contributed by atoms with E-state index >= 15 is 0 Å². The van der Waals surface area contributed by atoms with Crippen molar-refractivity contribution >= 4 is 34.9 Å². The van der Waals surface area contributed by atoms with E-state index < -0.39 is 24.2 Å². The molecule has 0 unspecified atom stereocenters. The molecule has 0 bridgehead atoms. The van der Waals surface area contributed by atoms with Crippen LogP contribution >= 0.6 is 23.2 Å². The number of nitrogens with zero attached hydrogens (tertiary/aromatic N) is 1. The highest BCUT2D eigenvalue weighted by Crippen LogP contribution is 2.49. The maximum atomic E-state index is 14.0. The average molecular weight is 432 g/mol. The maximum Gasteiger partial charge on any atom is 0.435 e. The van der Waals surface area contributed by atoms with Crippen molar-refractivity contribution in [1.82, 2.24) is 0 Å². The molecular formula is C19H14Cl2F3NO3. The second kappa shape index (κ2) is 7.29. The summed E-state index contributed by atoms with van der Waals surface area (Å²) in [4.78, 5) is 16.7. The van der Waals surface area contributed by atoms with Crippen LogP contribution in [0.15, 0.2) is 41.6 Å². The number of esters is 1. The van der Waals surface area contributed by atoms with Gasteiger partial charge in [0.2, 0.25) is 0 Å². The predicted molar refractivity (Wildman–Crippen MR) is 99.0 cm³/mol. The average Bonchev–Trinajstić information content (AvgIpc) is 3.07. The van der Waals surface area contributed by atoms with E-state index in [2.05, 4.69) is 9.89 Å². The molecular weight excluding hydrogens is 418 g/mol. The summed E-state index contributed by atoms with van der Waals surface area (Å²) in [6, 6.07) is 8.19. The van der Waals surface area contributed by atoms with Gasteiger partial charge in [-0.1, -0.05) is 34.4 Å². The summed E-state index contributed by atoms with van der Waals surface area (Å²) in [7, 11) is 1.25. The van der Waals surface area contributed by atoms with Gasteiger partial charge in [0.25, 0.3) is 5.60 Å². The van der Waals surface area contributed by atoms with Crippen molar-refractivity contribution in [2.45, 2.75) is 25.1 Å². The van der Waals surface area contributed by atoms with E-state index in [1.165, 1.54) is 25.3 Å². The molecule has 4 nitrogen and oxygen atoms in total. The van der Waals surface area contributed by atoms with E-state index in [-0.39, 0.29) is 21.3 Å². The highest BCUT2D eigenvalue weighted by Gasteiger charge is 2.62. The number of halogens is 5. The van der Waals surface area contributed by atoms with Gasteiger partial charge in [0.15, 0.2) is 0 Å². The highest BCUT2D eigenvalue weighted by molar-refractivity contribution is 6.34. The van der Waals surface area contributed by atoms with Gasteiger partial charge in [-0.2, -0.15) is 13.2 Å². The van der Waals surface area contributed by atoms with Gasteiger partial charge < -0.3 is 9.57 Å². The smallest absolute Gasteiger partial charge is 0.435 e. The zero-order chi connectivity index (χ0) is 20.7. The molecule has 28 heavy (non-hydrogen) atoms. The Morgan fingerprint density at radius 3 is 2.36 bits per heavy atom. The first-order valence-electron chi connectivity index (χ1n) is 8.05. The summed E-state index contributed by atoms with van der Waals surface area (Å²) in [5.41, 5.74) is -1.58. The highest BCUT2D eigenvalue weighted by atomic mass is 35.5. The minimum absolute atomic E-state index is 0.0569. The van der Waals surface area contributed by atoms with Gasteiger partial charge in [0.05, 0.1) is 18.4 Å². The predicted octanol–water partition coefficient (Wildman–Crippen LogP) is 5.67. The minimum atomic E-state index is -4.77. The number of benzene rings is 2. The number of hydrogen-bond acceptors (Lipinski definition) is 4. The number of alkyl halides is 3. The lowest BCUT2D eigenvalue weighted by molar-refractivity contribution is -0.275. The van der Waals surface area contributed by atoms with Gasteiger partial charge in [0, 0.05) is 22.0 Å². The first-order chi connectivity index (χ1) is 13.1. The molecule has 0 aliphatic carbocycles. The Morgan fingerprint density at radius 1 is 1.18 bits per heavy atom. The molecule has 0 saturated heterocycles. The topological polar surface area (TPSA) is 47.9 Å². The number of carbonyl (C=O) groups is 1. The van der Waals surface area contributed by atoms with Gasteiger partial charge in [-0.05, 0) is 48.4 Å². The first kappa shape index (κ1) is 20.5. The number of aryl methyl sites for hydroxylation is 1. The molecule has 148 valence electrons. The number of methoxy groups -OCH3 is 1. The molecule has 3 rings (SSSR count). The van der Waals surface area contributed by atoms with Crippen molar-refractivity contribution in [2.24, 2.45) is 5.16 Å². The zero-order valence-electron chi connectivity index (χ0n) is 14.7. The number of oxime groups is 1. The summed E-state index contributed by atoms with van der Waals surface area (Å²) in [5, 5.41) is 3.81. The van der Waals surface area contributed by atoms with E-state index in [1.54, 1.807) is 13.0 Å². The molecule has 9 heteroatoms. The molecule has 1 heterocycles. The quantitative estimate of drug-likeness (QED) is 0.588. The third-order valence-corrected chi connectivity index (χ3v) is 4.92. The van der Waals surface area contributed by atoms with Crippen LogP contribution < -0.4 is 0 Å². The van der Waals surface area contributed by atoms with E-state index in [4.69, 9.17) is 28.0 Å². The Kier molecular flexibility index (Phi) is 5.34. The van der Waals surface area contributed by atoms with Crippen molar-refractivity contribution in [1.29, 1.82) is 0 Å². The standard InChI is InChI=1S/C19H14Cl2F3NO3/c1-10-5-11(3-4-15(10)17(26)27-2)16-9-18(28-25-16,19(22,23)24)12-6-13(20)8-14(21)7-12/h3-8H,9H2,1-2H3/t18-/m0/s1. The molecule has 2 aromatic rings. The molecule has 0 amide bonds. The molecule has 0 N–H and O–H groups in total. The van der Waals surface area contributed by atoms with Crippen LogP contribution in [0.1, 0.15) is 33.5 Å². The third kappa shape index (κ3) is 3.56. The van der Waals surface area contributed by atoms with Crippen LogP contribution in [0.4, 0.5) is 13.2 Å². The summed E-state index contributed by atoms with van der Waals surface area (Å²) in [5.74, 6) is -0.535. The van der Waals surface area contributed by atoms with Crippen LogP contribution in [-0.2, 0) is 15.2 Å². The van der Waals surface area contributed by atoms with Gasteiger partial charge in [-0.15, -0.1) is 0 Å². The van der Waals surface area contributed by atoms with Crippen LogP contribution in [0.3, 0.4) is 0 Å². The molecule has 0 spiro atoms. The molecule has 1 atom stereocenters. The van der Waals surface area contributed by atoms with Gasteiger partial charge in [0.1, 0.15) is 0 Å². The van der Waals surface area contributed by atoms with E-state index in [0.29, 0.717) is 16.7 Å². The largest absolute Gasteiger partial charge is 0.465 e. The molecule has 1 aliphatic heterocycles. The van der Waals surface area contributed by atoms with Crippen LogP contribution in [0.2, 0.25) is 10.0 Å². The molecule has 2 aromatic carbocycles. The third-order valence-electron chi connectivity index (χ3n) is 4.48. The Labute approximate surface area is 168 Å². The summed E-state index contributed by atoms with van der Waals surface area (Å²) < 4.78 is 46.7. The van der Waals surface area contributed by atoms with E-state index in [1.807, 2.05) is 0 Å². The first-order valence-corrected chi connectivity index (χ1v) is 8.80. The zero-order valence-corrected chi connectivity index (χ0v) is 16.2. The normalized spacial score (nSPS) is 19.2. The van der Waals surface area contributed by atoms with Crippen molar-refractivity contribution < 1.29 is 27.5 Å². The van der Waals surface area contributed by atoms with E-state index in [0.717, 1.165) is 12.1 Å². The monoisotopic (exact) mass is 431 g/mol. The van der Waals surface area contributed by atoms with Crippen molar-refractivity contribution in [3.05, 3.63) is 68.7 Å². The van der Waals surface area contributed by atoms with Crippen LogP contribution in [0.5, 0.6) is 0 Å². The van der Waals surface area contributed by atoms with Crippen molar-refractivity contribution in [3.63, 3.8) is 0 Å². The van der Waals surface area contributed by atoms with Crippen molar-refractivity contribution in [3.8, 4) is 0 Å². The second-order valence-corrected chi connectivity index (χ2v) is 7.18. The van der Waals surface area contributed by atoms with E-state index in [9.17, 15) is 18.0 Å². The number of hydrogen-bond donors (Lipinski definition) is 0. The number of carbonyl (C=O) groups excluding carboxylic acids is 1. The molecule has 0 radical (unpaired) electrons. The molecule has 0 aromatic heterocycles. The maximum absolute atomic E-state index is 14.0. The lowest BCUT2D eigenvalue weighted by Gasteiger charge is -2.29. The lowest BCUT2D eigenvalue weighted by atomic mass is 9.86. The van der Waals surface area contributed by atoms with Gasteiger partial charge in [-0.3, -0.25) is 0 Å². The Hall–Kier alpha value is -2.25. The summed E-state index contributed by atoms with van der Waals surface area (Å²) in [6.45, 7) is 1.65. The van der Waals surface area contributed by atoms with Crippen LogP contribution in [0, 0.1) is 6.92 Å². The minimum Gasteiger partial charge on any atom is -0.465 e. The van der Waals surface area contributed by atoms with Gasteiger partial charge >= 0.3 is 12.1 Å². The molecule has 1 aliphatic rings. The fourth-order valence-corrected chi connectivity index (χ4v) is 3.55. The van der Waals surface area contributed by atoms with Crippen LogP contribution in [0.25, 0.3) is 0 Å². The molecule has 0 fully saturated rings. The number of rotatable bonds is 3. The lowest BCUT2D eigenvalue weighted by Crippen LogP contribution is -2.42. The fourth-order valence-electron chi connectivity index (χ4n) is 3.03. The second-order valence-electron chi connectivity index (χ2n) is 6.31.